The molecule has 0 saturated carbocycles. The monoisotopic (exact) mass is 190 g/mol. The van der Waals surface area contributed by atoms with Crippen molar-refractivity contribution in [3.05, 3.63) is 17.8 Å². The van der Waals surface area contributed by atoms with Crippen LogP contribution < -0.4 is 0 Å². The van der Waals surface area contributed by atoms with Crippen LogP contribution in [-0.4, -0.2) is 19.9 Å². The average molecular weight is 190 g/mol. The number of nitrogens with one attached hydrogen (secondary N) is 1. The first-order valence-electron chi connectivity index (χ1n) is 4.92. The van der Waals surface area contributed by atoms with Crippen LogP contribution in [0.4, 0.5) is 0 Å². The predicted octanol–water partition coefficient (Wildman–Crippen LogP) is 2.04. The quantitative estimate of drug-likeness (QED) is 0.788. The molecule has 0 amide bonds. The van der Waals surface area contributed by atoms with Crippen LogP contribution in [0.3, 0.4) is 0 Å². The van der Waals surface area contributed by atoms with E-state index < -0.39 is 0 Å². The first-order chi connectivity index (χ1) is 6.70. The highest BCUT2D eigenvalue weighted by Gasteiger charge is 2.07. The highest BCUT2D eigenvalue weighted by atomic mass is 15.0. The number of imidazole rings is 1. The van der Waals surface area contributed by atoms with Crippen LogP contribution in [0.2, 0.25) is 0 Å². The van der Waals surface area contributed by atoms with E-state index in [-0.39, 0.29) is 0 Å². The van der Waals surface area contributed by atoms with Gasteiger partial charge in [0, 0.05) is 12.3 Å². The number of aromatic nitrogens is 4. The van der Waals surface area contributed by atoms with Gasteiger partial charge in [0.25, 0.3) is 0 Å². The predicted molar refractivity (Wildman–Crippen MR) is 55.2 cm³/mol. The van der Waals surface area contributed by atoms with Gasteiger partial charge in [0.1, 0.15) is 17.2 Å². The van der Waals surface area contributed by atoms with Crippen molar-refractivity contribution >= 4 is 11.2 Å². The summed E-state index contributed by atoms with van der Waals surface area (Å²) in [5.41, 5.74) is 1.70. The number of hydrogen-bond donors (Lipinski definition) is 1. The Balaban J connectivity index is 2.54. The Kier molecular flexibility index (Phi) is 2.19. The molecule has 4 heteroatoms. The number of aromatic amines is 1. The number of fused-ring (bicyclic) bond motifs is 1. The summed E-state index contributed by atoms with van der Waals surface area (Å²) in [6.45, 7) is 6.22. The Hall–Kier alpha value is -1.45. The molecule has 0 unspecified atom stereocenters. The third-order valence-electron chi connectivity index (χ3n) is 2.16. The fraction of sp³-hybridized carbons (Fsp3) is 0.500. The van der Waals surface area contributed by atoms with Crippen molar-refractivity contribution in [1.82, 2.24) is 19.9 Å². The maximum absolute atomic E-state index is 4.39. The van der Waals surface area contributed by atoms with E-state index >= 15 is 0 Å². The SMILES string of the molecule is CCc1nc2nc(C(C)C)ncc2[nH]1. The van der Waals surface area contributed by atoms with Gasteiger partial charge in [0.2, 0.25) is 0 Å². The molecule has 1 N–H and O–H groups in total. The van der Waals surface area contributed by atoms with Crippen molar-refractivity contribution in [2.45, 2.75) is 33.1 Å². The highest BCUT2D eigenvalue weighted by molar-refractivity contribution is 5.69. The van der Waals surface area contributed by atoms with Crippen molar-refractivity contribution < 1.29 is 0 Å². The summed E-state index contributed by atoms with van der Waals surface area (Å²) in [6, 6.07) is 0. The molecule has 0 fully saturated rings. The van der Waals surface area contributed by atoms with Crippen molar-refractivity contribution in [1.29, 1.82) is 0 Å². The van der Waals surface area contributed by atoms with Gasteiger partial charge in [-0.2, -0.15) is 0 Å². The molecule has 14 heavy (non-hydrogen) atoms. The van der Waals surface area contributed by atoms with E-state index in [1.165, 1.54) is 0 Å². The summed E-state index contributed by atoms with van der Waals surface area (Å²) in [5.74, 6) is 2.17. The topological polar surface area (TPSA) is 54.5 Å². The van der Waals surface area contributed by atoms with Crippen LogP contribution in [-0.2, 0) is 6.42 Å². The molecule has 0 aromatic carbocycles. The van der Waals surface area contributed by atoms with Crippen molar-refractivity contribution in [3.8, 4) is 0 Å². The van der Waals surface area contributed by atoms with E-state index in [2.05, 4.69) is 40.7 Å². The fourth-order valence-corrected chi connectivity index (χ4v) is 1.32. The lowest BCUT2D eigenvalue weighted by Gasteiger charge is -2.00. The van der Waals surface area contributed by atoms with Gasteiger partial charge in [-0.1, -0.05) is 20.8 Å². The molecular formula is C10H14N4. The summed E-state index contributed by atoms with van der Waals surface area (Å²) in [5, 5.41) is 0. The second kappa shape index (κ2) is 3.36. The van der Waals surface area contributed by atoms with Crippen molar-refractivity contribution in [2.24, 2.45) is 0 Å². The van der Waals surface area contributed by atoms with Crippen LogP contribution in [0.1, 0.15) is 38.3 Å². The lowest BCUT2D eigenvalue weighted by molar-refractivity contribution is 0.781. The number of rotatable bonds is 2. The number of H-pyrrole nitrogens is 1. The third-order valence-corrected chi connectivity index (χ3v) is 2.16. The van der Waals surface area contributed by atoms with Crippen LogP contribution in [0, 0.1) is 0 Å². The number of nitrogens with zero attached hydrogens (tertiary/aromatic N) is 3. The Morgan fingerprint density at radius 1 is 1.36 bits per heavy atom. The first kappa shape index (κ1) is 9.12. The van der Waals surface area contributed by atoms with Gasteiger partial charge >= 0.3 is 0 Å². The standard InChI is InChI=1S/C10H14N4/c1-4-8-12-7-5-11-9(6(2)3)14-10(7)13-8/h5-6H,4H2,1-3H3,(H,11,12,13,14). The third kappa shape index (κ3) is 1.47. The number of aryl methyl sites for hydroxylation is 1. The van der Waals surface area contributed by atoms with E-state index in [0.717, 1.165) is 29.2 Å². The summed E-state index contributed by atoms with van der Waals surface area (Å²) >= 11 is 0. The second-order valence-corrected chi connectivity index (χ2v) is 3.66. The average Bonchev–Trinajstić information content (AvgIpc) is 2.58. The summed E-state index contributed by atoms with van der Waals surface area (Å²) < 4.78 is 0. The van der Waals surface area contributed by atoms with Gasteiger partial charge in [0.15, 0.2) is 5.65 Å². The summed E-state index contributed by atoms with van der Waals surface area (Å²) in [4.78, 5) is 16.2. The van der Waals surface area contributed by atoms with Gasteiger partial charge in [-0.25, -0.2) is 15.0 Å². The zero-order chi connectivity index (χ0) is 10.1. The Morgan fingerprint density at radius 3 is 2.79 bits per heavy atom. The lowest BCUT2D eigenvalue weighted by Crippen LogP contribution is -1.96. The molecule has 0 aliphatic rings. The van der Waals surface area contributed by atoms with Crippen molar-refractivity contribution in [3.63, 3.8) is 0 Å². The lowest BCUT2D eigenvalue weighted by atomic mass is 10.2. The minimum Gasteiger partial charge on any atom is -0.339 e. The molecule has 0 saturated heterocycles. The highest BCUT2D eigenvalue weighted by Crippen LogP contribution is 2.13. The maximum Gasteiger partial charge on any atom is 0.181 e. The molecule has 0 radical (unpaired) electrons. The fourth-order valence-electron chi connectivity index (χ4n) is 1.32. The zero-order valence-corrected chi connectivity index (χ0v) is 8.70. The Labute approximate surface area is 82.8 Å². The van der Waals surface area contributed by atoms with Crippen LogP contribution in [0.25, 0.3) is 11.2 Å². The van der Waals surface area contributed by atoms with Gasteiger partial charge in [-0.05, 0) is 0 Å². The molecule has 0 bridgehead atoms. The molecule has 2 aromatic rings. The number of hydrogen-bond acceptors (Lipinski definition) is 3. The summed E-state index contributed by atoms with van der Waals surface area (Å²) in [7, 11) is 0. The van der Waals surface area contributed by atoms with Crippen LogP contribution in [0.5, 0.6) is 0 Å². The first-order valence-corrected chi connectivity index (χ1v) is 4.92. The molecule has 74 valence electrons. The van der Waals surface area contributed by atoms with Crippen LogP contribution in [0.15, 0.2) is 6.20 Å². The zero-order valence-electron chi connectivity index (χ0n) is 8.70. The molecule has 0 atom stereocenters. The van der Waals surface area contributed by atoms with Gasteiger partial charge in [-0.15, -0.1) is 0 Å². The van der Waals surface area contributed by atoms with E-state index in [4.69, 9.17) is 0 Å². The molecule has 4 nitrogen and oxygen atoms in total. The Morgan fingerprint density at radius 2 is 2.14 bits per heavy atom. The van der Waals surface area contributed by atoms with E-state index in [9.17, 15) is 0 Å². The van der Waals surface area contributed by atoms with Crippen LogP contribution >= 0.6 is 0 Å². The molecular weight excluding hydrogens is 176 g/mol. The van der Waals surface area contributed by atoms with Gasteiger partial charge in [0.05, 0.1) is 6.20 Å². The molecule has 0 spiro atoms. The van der Waals surface area contributed by atoms with E-state index in [0.29, 0.717) is 5.92 Å². The molecule has 0 aliphatic heterocycles. The van der Waals surface area contributed by atoms with Gasteiger partial charge in [-0.3, -0.25) is 0 Å². The van der Waals surface area contributed by atoms with E-state index in [1.807, 2.05) is 6.20 Å². The minimum atomic E-state index is 0.348. The largest absolute Gasteiger partial charge is 0.339 e. The van der Waals surface area contributed by atoms with Gasteiger partial charge < -0.3 is 4.98 Å². The van der Waals surface area contributed by atoms with Crippen molar-refractivity contribution in [2.75, 3.05) is 0 Å². The summed E-state index contributed by atoms with van der Waals surface area (Å²) in [6.07, 6.45) is 2.71. The molecule has 2 heterocycles. The van der Waals surface area contributed by atoms with E-state index in [1.54, 1.807) is 0 Å². The Bertz CT molecular complexity index is 444. The smallest absolute Gasteiger partial charge is 0.181 e. The molecule has 2 rings (SSSR count). The second-order valence-electron chi connectivity index (χ2n) is 3.66. The normalized spacial score (nSPS) is 11.4. The minimum absolute atomic E-state index is 0.348. The maximum atomic E-state index is 4.39. The molecule has 0 aliphatic carbocycles. The molecule has 2 aromatic heterocycles.